The SMILES string of the molecule is Cc1ccc(N(CC(=O)Nc2ccccc2-c2ccccc2)S(C)(=O)=O)cc1. The van der Waals surface area contributed by atoms with Gasteiger partial charge in [0.25, 0.3) is 0 Å². The summed E-state index contributed by atoms with van der Waals surface area (Å²) < 4.78 is 25.6. The molecule has 1 N–H and O–H groups in total. The van der Waals surface area contributed by atoms with Gasteiger partial charge in [-0.15, -0.1) is 0 Å². The first kappa shape index (κ1) is 19.6. The van der Waals surface area contributed by atoms with Gasteiger partial charge in [-0.3, -0.25) is 9.10 Å². The number of hydrogen-bond donors (Lipinski definition) is 1. The molecule has 3 rings (SSSR count). The van der Waals surface area contributed by atoms with Crippen molar-refractivity contribution in [1.82, 2.24) is 0 Å². The fourth-order valence-corrected chi connectivity index (χ4v) is 3.75. The van der Waals surface area contributed by atoms with Crippen molar-refractivity contribution in [2.75, 3.05) is 22.4 Å². The lowest BCUT2D eigenvalue weighted by atomic mass is 10.0. The van der Waals surface area contributed by atoms with E-state index >= 15 is 0 Å². The van der Waals surface area contributed by atoms with Crippen molar-refractivity contribution >= 4 is 27.3 Å². The average molecular weight is 394 g/mol. The molecule has 28 heavy (non-hydrogen) atoms. The number of benzene rings is 3. The molecule has 5 nitrogen and oxygen atoms in total. The topological polar surface area (TPSA) is 66.5 Å². The van der Waals surface area contributed by atoms with E-state index < -0.39 is 15.9 Å². The highest BCUT2D eigenvalue weighted by Gasteiger charge is 2.21. The lowest BCUT2D eigenvalue weighted by Crippen LogP contribution is -2.37. The number of carbonyl (C=O) groups is 1. The van der Waals surface area contributed by atoms with Crippen LogP contribution >= 0.6 is 0 Å². The van der Waals surface area contributed by atoms with E-state index in [2.05, 4.69) is 5.32 Å². The molecule has 0 fully saturated rings. The number of carbonyl (C=O) groups excluding carboxylic acids is 1. The molecule has 0 spiro atoms. The smallest absolute Gasteiger partial charge is 0.245 e. The molecule has 0 saturated carbocycles. The van der Waals surface area contributed by atoms with Crippen LogP contribution in [0.2, 0.25) is 0 Å². The molecule has 144 valence electrons. The molecule has 0 aliphatic rings. The van der Waals surface area contributed by atoms with E-state index in [1.165, 1.54) is 0 Å². The van der Waals surface area contributed by atoms with Crippen LogP contribution in [-0.2, 0) is 14.8 Å². The van der Waals surface area contributed by atoms with Gasteiger partial charge >= 0.3 is 0 Å². The molecule has 0 aliphatic heterocycles. The molecule has 3 aromatic carbocycles. The van der Waals surface area contributed by atoms with Crippen LogP contribution < -0.4 is 9.62 Å². The standard InChI is InChI=1S/C22H22N2O3S/c1-17-12-14-19(15-13-17)24(28(2,26)27)16-22(25)23-21-11-7-6-10-20(21)18-8-4-3-5-9-18/h3-15H,16H2,1-2H3,(H,23,25). The lowest BCUT2D eigenvalue weighted by molar-refractivity contribution is -0.114. The first-order chi connectivity index (χ1) is 13.3. The average Bonchev–Trinajstić information content (AvgIpc) is 2.67. The molecule has 1 amide bonds. The highest BCUT2D eigenvalue weighted by molar-refractivity contribution is 7.92. The van der Waals surface area contributed by atoms with Crippen LogP contribution in [0.5, 0.6) is 0 Å². The van der Waals surface area contributed by atoms with Gasteiger partial charge in [0.2, 0.25) is 15.9 Å². The first-order valence-electron chi connectivity index (χ1n) is 8.83. The summed E-state index contributed by atoms with van der Waals surface area (Å²) in [5, 5.41) is 2.85. The summed E-state index contributed by atoms with van der Waals surface area (Å²) in [7, 11) is -3.61. The van der Waals surface area contributed by atoms with Crippen LogP contribution in [0.3, 0.4) is 0 Å². The number of aryl methyl sites for hydroxylation is 1. The summed E-state index contributed by atoms with van der Waals surface area (Å²) in [6.07, 6.45) is 1.10. The van der Waals surface area contributed by atoms with Crippen molar-refractivity contribution in [2.24, 2.45) is 0 Å². The van der Waals surface area contributed by atoms with Crippen molar-refractivity contribution in [1.29, 1.82) is 0 Å². The minimum absolute atomic E-state index is 0.301. The maximum absolute atomic E-state index is 12.7. The van der Waals surface area contributed by atoms with Crippen LogP contribution in [-0.4, -0.2) is 27.1 Å². The summed E-state index contributed by atoms with van der Waals surface area (Å²) >= 11 is 0. The van der Waals surface area contributed by atoms with E-state index in [9.17, 15) is 13.2 Å². The first-order valence-corrected chi connectivity index (χ1v) is 10.7. The Kier molecular flexibility index (Phi) is 5.80. The summed E-state index contributed by atoms with van der Waals surface area (Å²) in [5.74, 6) is -0.408. The maximum Gasteiger partial charge on any atom is 0.245 e. The zero-order valence-electron chi connectivity index (χ0n) is 15.8. The number of para-hydroxylation sites is 1. The van der Waals surface area contributed by atoms with E-state index in [1.807, 2.05) is 67.6 Å². The van der Waals surface area contributed by atoms with Gasteiger partial charge in [-0.25, -0.2) is 8.42 Å². The van der Waals surface area contributed by atoms with Crippen LogP contribution in [0, 0.1) is 6.92 Å². The molecule has 0 saturated heterocycles. The Morgan fingerprint density at radius 2 is 1.50 bits per heavy atom. The molecule has 3 aromatic rings. The zero-order chi connectivity index (χ0) is 20.1. The molecule has 0 aliphatic carbocycles. The highest BCUT2D eigenvalue weighted by Crippen LogP contribution is 2.27. The van der Waals surface area contributed by atoms with Crippen molar-refractivity contribution in [3.8, 4) is 11.1 Å². The number of nitrogens with one attached hydrogen (secondary N) is 1. The number of sulfonamides is 1. The van der Waals surface area contributed by atoms with Gasteiger partial charge in [-0.2, -0.15) is 0 Å². The second kappa shape index (κ2) is 8.27. The number of hydrogen-bond acceptors (Lipinski definition) is 3. The fraction of sp³-hybridized carbons (Fsp3) is 0.136. The number of nitrogens with zero attached hydrogens (tertiary/aromatic N) is 1. The van der Waals surface area contributed by atoms with Gasteiger partial charge in [-0.05, 0) is 30.7 Å². The van der Waals surface area contributed by atoms with E-state index in [0.29, 0.717) is 11.4 Å². The molecule has 0 bridgehead atoms. The Hall–Kier alpha value is -3.12. The second-order valence-electron chi connectivity index (χ2n) is 6.56. The predicted octanol–water partition coefficient (Wildman–Crippen LogP) is 4.07. The molecule has 0 atom stereocenters. The molecular weight excluding hydrogens is 372 g/mol. The summed E-state index contributed by atoms with van der Waals surface area (Å²) in [6.45, 7) is 1.62. The Bertz CT molecular complexity index is 1060. The van der Waals surface area contributed by atoms with Gasteiger partial charge in [0.15, 0.2) is 0 Å². The largest absolute Gasteiger partial charge is 0.324 e. The van der Waals surface area contributed by atoms with Crippen molar-refractivity contribution < 1.29 is 13.2 Å². The van der Waals surface area contributed by atoms with Gasteiger partial charge in [-0.1, -0.05) is 66.2 Å². The lowest BCUT2D eigenvalue weighted by Gasteiger charge is -2.22. The minimum atomic E-state index is -3.61. The van der Waals surface area contributed by atoms with Gasteiger partial charge in [0.1, 0.15) is 6.54 Å². The quantitative estimate of drug-likeness (QED) is 0.685. The monoisotopic (exact) mass is 394 g/mol. The van der Waals surface area contributed by atoms with Crippen LogP contribution in [0.1, 0.15) is 5.56 Å². The van der Waals surface area contributed by atoms with Crippen LogP contribution in [0.4, 0.5) is 11.4 Å². The number of amides is 1. The molecule has 6 heteroatoms. The molecule has 0 unspecified atom stereocenters. The Morgan fingerprint density at radius 1 is 0.893 bits per heavy atom. The summed E-state index contributed by atoms with van der Waals surface area (Å²) in [5.41, 5.74) is 3.95. The molecule has 0 heterocycles. The molecular formula is C22H22N2O3S. The predicted molar refractivity (Wildman–Crippen MR) is 114 cm³/mol. The van der Waals surface area contributed by atoms with E-state index in [-0.39, 0.29) is 6.54 Å². The van der Waals surface area contributed by atoms with Gasteiger partial charge in [0.05, 0.1) is 11.9 Å². The molecule has 0 radical (unpaired) electrons. The van der Waals surface area contributed by atoms with Crippen LogP contribution in [0.25, 0.3) is 11.1 Å². The maximum atomic E-state index is 12.7. The summed E-state index contributed by atoms with van der Waals surface area (Å²) in [4.78, 5) is 12.7. The Morgan fingerprint density at radius 3 is 2.14 bits per heavy atom. The van der Waals surface area contributed by atoms with E-state index in [0.717, 1.165) is 27.3 Å². The van der Waals surface area contributed by atoms with E-state index in [1.54, 1.807) is 18.2 Å². The van der Waals surface area contributed by atoms with Crippen LogP contribution in [0.15, 0.2) is 78.9 Å². The minimum Gasteiger partial charge on any atom is -0.324 e. The normalized spacial score (nSPS) is 11.1. The molecule has 0 aromatic heterocycles. The number of anilines is 2. The zero-order valence-corrected chi connectivity index (χ0v) is 16.6. The highest BCUT2D eigenvalue weighted by atomic mass is 32.2. The third-order valence-electron chi connectivity index (χ3n) is 4.30. The van der Waals surface area contributed by atoms with Gasteiger partial charge < -0.3 is 5.32 Å². The Balaban J connectivity index is 1.84. The van der Waals surface area contributed by atoms with Crippen molar-refractivity contribution in [3.63, 3.8) is 0 Å². The third-order valence-corrected chi connectivity index (χ3v) is 5.44. The van der Waals surface area contributed by atoms with Gasteiger partial charge in [0, 0.05) is 11.3 Å². The number of rotatable bonds is 6. The van der Waals surface area contributed by atoms with E-state index in [4.69, 9.17) is 0 Å². The third kappa shape index (κ3) is 4.78. The van der Waals surface area contributed by atoms with Crippen molar-refractivity contribution in [3.05, 3.63) is 84.4 Å². The Labute approximate surface area is 165 Å². The second-order valence-corrected chi connectivity index (χ2v) is 8.47. The summed E-state index contributed by atoms with van der Waals surface area (Å²) in [6, 6.07) is 24.2. The fourth-order valence-electron chi connectivity index (χ4n) is 2.89. The van der Waals surface area contributed by atoms with Crippen molar-refractivity contribution in [2.45, 2.75) is 6.92 Å².